The molecule has 2 atom stereocenters. The van der Waals surface area contributed by atoms with Gasteiger partial charge in [0.2, 0.25) is 5.91 Å². The Balaban J connectivity index is 2.04. The summed E-state index contributed by atoms with van der Waals surface area (Å²) in [6.07, 6.45) is 0.750. The van der Waals surface area contributed by atoms with Gasteiger partial charge in [0.15, 0.2) is 0 Å². The third-order valence-electron chi connectivity index (χ3n) is 4.54. The monoisotopic (exact) mass is 371 g/mol. The van der Waals surface area contributed by atoms with Gasteiger partial charge in [0.05, 0.1) is 15.6 Å². The van der Waals surface area contributed by atoms with Crippen LogP contribution in [0.5, 0.6) is 0 Å². The van der Waals surface area contributed by atoms with Crippen LogP contribution in [0.15, 0.2) is 18.2 Å². The zero-order valence-electron chi connectivity index (χ0n) is 14.1. The minimum absolute atomic E-state index is 0.0664. The molecule has 1 aromatic rings. The molecule has 2 unspecified atom stereocenters. The van der Waals surface area contributed by atoms with Crippen molar-refractivity contribution < 1.29 is 9.59 Å². The van der Waals surface area contributed by atoms with Crippen LogP contribution in [0.4, 0.5) is 0 Å². The number of benzene rings is 1. The summed E-state index contributed by atoms with van der Waals surface area (Å²) in [6.45, 7) is 6.94. The van der Waals surface area contributed by atoms with Crippen molar-refractivity contribution in [2.24, 2.45) is 11.1 Å². The number of carbonyl (C=O) groups excluding carboxylic acids is 2. The second kappa shape index (κ2) is 7.30. The number of nitrogens with two attached hydrogens (primary N) is 1. The summed E-state index contributed by atoms with van der Waals surface area (Å²) in [5.74, 6) is -0.544. The maximum atomic E-state index is 12.6. The Morgan fingerprint density at radius 1 is 1.38 bits per heavy atom. The van der Waals surface area contributed by atoms with E-state index < -0.39 is 11.9 Å². The van der Waals surface area contributed by atoms with Crippen molar-refractivity contribution in [3.63, 3.8) is 0 Å². The summed E-state index contributed by atoms with van der Waals surface area (Å²) in [5.41, 5.74) is 6.21. The normalized spacial score (nSPS) is 21.2. The van der Waals surface area contributed by atoms with Crippen molar-refractivity contribution in [1.82, 2.24) is 10.2 Å². The third kappa shape index (κ3) is 4.02. The number of nitrogens with zero attached hydrogens (tertiary/aromatic N) is 1. The Morgan fingerprint density at radius 3 is 2.67 bits per heavy atom. The largest absolute Gasteiger partial charge is 0.340 e. The molecule has 1 aromatic carbocycles. The van der Waals surface area contributed by atoms with E-state index >= 15 is 0 Å². The highest BCUT2D eigenvalue weighted by atomic mass is 35.5. The van der Waals surface area contributed by atoms with Gasteiger partial charge in [0.25, 0.3) is 5.91 Å². The maximum Gasteiger partial charge on any atom is 0.253 e. The lowest BCUT2D eigenvalue weighted by Gasteiger charge is -2.43. The molecule has 5 nitrogen and oxygen atoms in total. The molecule has 0 saturated carbocycles. The highest BCUT2D eigenvalue weighted by Gasteiger charge is 2.36. The first kappa shape index (κ1) is 19.0. The third-order valence-corrected chi connectivity index (χ3v) is 5.36. The molecule has 0 radical (unpaired) electrons. The molecule has 24 heavy (non-hydrogen) atoms. The summed E-state index contributed by atoms with van der Waals surface area (Å²) in [5, 5.41) is 3.18. The van der Waals surface area contributed by atoms with Crippen LogP contribution in [0.2, 0.25) is 10.0 Å². The van der Waals surface area contributed by atoms with Crippen LogP contribution in [0.25, 0.3) is 0 Å². The van der Waals surface area contributed by atoms with Crippen molar-refractivity contribution in [2.45, 2.75) is 39.3 Å². The van der Waals surface area contributed by atoms with Crippen LogP contribution in [0.1, 0.15) is 37.6 Å². The Bertz CT molecular complexity index is 649. The van der Waals surface area contributed by atoms with E-state index in [9.17, 15) is 9.59 Å². The molecule has 1 fully saturated rings. The Hall–Kier alpha value is -1.30. The van der Waals surface area contributed by atoms with Gasteiger partial charge >= 0.3 is 0 Å². The lowest BCUT2D eigenvalue weighted by molar-refractivity contribution is -0.136. The van der Waals surface area contributed by atoms with E-state index in [2.05, 4.69) is 5.32 Å². The number of nitrogens with one attached hydrogen (secondary N) is 1. The molecule has 132 valence electrons. The summed E-state index contributed by atoms with van der Waals surface area (Å²) in [6, 6.07) is 4.23. The van der Waals surface area contributed by atoms with Gasteiger partial charge in [-0.2, -0.15) is 0 Å². The number of hydrogen-bond donors (Lipinski definition) is 2. The van der Waals surface area contributed by atoms with Crippen molar-refractivity contribution in [1.29, 1.82) is 0 Å². The van der Waals surface area contributed by atoms with Crippen molar-refractivity contribution in [2.75, 3.05) is 13.1 Å². The fourth-order valence-electron chi connectivity index (χ4n) is 2.85. The van der Waals surface area contributed by atoms with E-state index in [1.54, 1.807) is 30.0 Å². The molecule has 1 heterocycles. The second-order valence-corrected chi connectivity index (χ2v) is 7.73. The average molecular weight is 372 g/mol. The Labute approximate surface area is 152 Å². The van der Waals surface area contributed by atoms with E-state index in [4.69, 9.17) is 28.9 Å². The van der Waals surface area contributed by atoms with Crippen LogP contribution >= 0.6 is 23.2 Å². The van der Waals surface area contributed by atoms with Gasteiger partial charge in [0, 0.05) is 19.1 Å². The molecule has 1 aliphatic rings. The molecular weight excluding hydrogens is 349 g/mol. The van der Waals surface area contributed by atoms with E-state index in [0.717, 1.165) is 6.42 Å². The van der Waals surface area contributed by atoms with Crippen LogP contribution in [0.3, 0.4) is 0 Å². The van der Waals surface area contributed by atoms with Gasteiger partial charge in [-0.15, -0.1) is 0 Å². The number of amides is 2. The molecule has 0 bridgehead atoms. The molecule has 0 spiro atoms. The van der Waals surface area contributed by atoms with Crippen molar-refractivity contribution in [3.05, 3.63) is 33.8 Å². The number of carbonyl (C=O) groups is 2. The standard InChI is InChI=1S/C17H23Cl2N3O2/c1-10(16(24)22-8-7-13(20)17(2,3)9-22)21-15(23)11-5-4-6-12(18)14(11)19/h4-6,10,13H,7-9,20H2,1-3H3,(H,21,23). The zero-order valence-corrected chi connectivity index (χ0v) is 15.6. The molecular formula is C17H23Cl2N3O2. The maximum absolute atomic E-state index is 12.6. The summed E-state index contributed by atoms with van der Waals surface area (Å²) < 4.78 is 0. The van der Waals surface area contributed by atoms with E-state index in [-0.39, 0.29) is 28.0 Å². The Kier molecular flexibility index (Phi) is 5.78. The summed E-state index contributed by atoms with van der Waals surface area (Å²) >= 11 is 12.0. The van der Waals surface area contributed by atoms with Gasteiger partial charge in [-0.3, -0.25) is 9.59 Å². The number of rotatable bonds is 3. The van der Waals surface area contributed by atoms with Crippen LogP contribution < -0.4 is 11.1 Å². The summed E-state index contributed by atoms with van der Waals surface area (Å²) in [7, 11) is 0. The molecule has 1 saturated heterocycles. The number of hydrogen-bond acceptors (Lipinski definition) is 3. The van der Waals surface area contributed by atoms with E-state index in [0.29, 0.717) is 18.1 Å². The number of piperidine rings is 1. The molecule has 3 N–H and O–H groups in total. The molecule has 0 aliphatic carbocycles. The number of halogens is 2. The SMILES string of the molecule is CC(NC(=O)c1cccc(Cl)c1Cl)C(=O)N1CCC(N)C(C)(C)C1. The topological polar surface area (TPSA) is 75.4 Å². The molecule has 7 heteroatoms. The first-order chi connectivity index (χ1) is 11.1. The highest BCUT2D eigenvalue weighted by molar-refractivity contribution is 6.43. The molecule has 2 rings (SSSR count). The fraction of sp³-hybridized carbons (Fsp3) is 0.529. The predicted molar refractivity (Wildman–Crippen MR) is 96.3 cm³/mol. The van der Waals surface area contributed by atoms with Gasteiger partial charge in [0.1, 0.15) is 6.04 Å². The van der Waals surface area contributed by atoms with E-state index in [1.807, 2.05) is 13.8 Å². The first-order valence-electron chi connectivity index (χ1n) is 7.92. The van der Waals surface area contributed by atoms with Crippen molar-refractivity contribution in [3.8, 4) is 0 Å². The molecule has 0 aromatic heterocycles. The zero-order chi connectivity index (χ0) is 18.1. The quantitative estimate of drug-likeness (QED) is 0.857. The minimum Gasteiger partial charge on any atom is -0.340 e. The molecule has 2 amide bonds. The predicted octanol–water partition coefficient (Wildman–Crippen LogP) is 2.70. The van der Waals surface area contributed by atoms with Crippen molar-refractivity contribution >= 4 is 35.0 Å². The van der Waals surface area contributed by atoms with Gasteiger partial charge in [-0.1, -0.05) is 43.1 Å². The first-order valence-corrected chi connectivity index (χ1v) is 8.68. The van der Waals surface area contributed by atoms with Gasteiger partial charge in [-0.25, -0.2) is 0 Å². The Morgan fingerprint density at radius 2 is 2.04 bits per heavy atom. The van der Waals surface area contributed by atoms with Gasteiger partial charge < -0.3 is 16.0 Å². The lowest BCUT2D eigenvalue weighted by Crippen LogP contribution is -2.57. The van der Waals surface area contributed by atoms with Crippen LogP contribution in [-0.2, 0) is 4.79 Å². The lowest BCUT2D eigenvalue weighted by atomic mass is 9.79. The highest BCUT2D eigenvalue weighted by Crippen LogP contribution is 2.28. The summed E-state index contributed by atoms with van der Waals surface area (Å²) in [4.78, 5) is 26.7. The molecule has 1 aliphatic heterocycles. The van der Waals surface area contributed by atoms with E-state index in [1.165, 1.54) is 0 Å². The van der Waals surface area contributed by atoms with Crippen LogP contribution in [-0.4, -0.2) is 41.9 Å². The second-order valence-electron chi connectivity index (χ2n) is 6.94. The average Bonchev–Trinajstić information content (AvgIpc) is 2.51. The van der Waals surface area contributed by atoms with Crippen LogP contribution in [0, 0.1) is 5.41 Å². The fourth-order valence-corrected chi connectivity index (χ4v) is 3.24. The number of likely N-dealkylation sites (tertiary alicyclic amines) is 1. The minimum atomic E-state index is -0.655. The smallest absolute Gasteiger partial charge is 0.253 e. The van der Waals surface area contributed by atoms with Gasteiger partial charge in [-0.05, 0) is 30.9 Å².